The average Bonchev–Trinajstić information content (AvgIpc) is 1.38. The van der Waals surface area contributed by atoms with E-state index in [1.54, 1.807) is 0 Å². The van der Waals surface area contributed by atoms with Crippen molar-refractivity contribution in [1.82, 2.24) is 0 Å². The van der Waals surface area contributed by atoms with Crippen LogP contribution in [-0.2, 0) is 0 Å². The van der Waals surface area contributed by atoms with Crippen molar-refractivity contribution in [3.05, 3.63) is 19.3 Å². The van der Waals surface area contributed by atoms with Gasteiger partial charge in [-0.05, 0) is 0 Å². The van der Waals surface area contributed by atoms with E-state index >= 15 is 0 Å². The van der Waals surface area contributed by atoms with Crippen LogP contribution in [0.2, 0.25) is 0 Å². The third kappa shape index (κ3) is 19.7. The second-order valence-electron chi connectivity index (χ2n) is 0.767. The van der Waals surface area contributed by atoms with Crippen LogP contribution in [-0.4, -0.2) is 23.1 Å². The summed E-state index contributed by atoms with van der Waals surface area (Å²) >= 11 is 0. The topological polar surface area (TPSA) is 0 Å². The molecule has 38 valence electrons. The third-order valence-corrected chi connectivity index (χ3v) is 0.271. The molecule has 3 heteroatoms. The number of allylic oxidation sites excluding steroid dienone is 1. The Morgan fingerprint density at radius 3 is 1.86 bits per heavy atom. The van der Waals surface area contributed by atoms with E-state index in [1.165, 1.54) is 0 Å². The van der Waals surface area contributed by atoms with Gasteiger partial charge in [-0.3, -0.25) is 0 Å². The van der Waals surface area contributed by atoms with Crippen LogP contribution in [0, 0.1) is 6.92 Å². The SMILES string of the molecule is C=C(F)C[CH2-].[Br-].[Mg+2]. The summed E-state index contributed by atoms with van der Waals surface area (Å²) in [5.74, 6) is -0.356. The molecule has 7 heavy (non-hydrogen) atoms. The molecule has 0 saturated carbocycles. The first-order chi connectivity index (χ1) is 2.27. The molecule has 0 aromatic rings. The molecule has 0 unspecified atom stereocenters. The molecule has 0 nitrogen and oxygen atoms in total. The van der Waals surface area contributed by atoms with Gasteiger partial charge in [-0.1, -0.05) is 6.58 Å². The van der Waals surface area contributed by atoms with E-state index in [9.17, 15) is 4.39 Å². The Bertz CT molecular complexity index is 47.0. The van der Waals surface area contributed by atoms with Gasteiger partial charge in [0.1, 0.15) is 0 Å². The fraction of sp³-hybridized carbons (Fsp3) is 0.250. The zero-order valence-electron chi connectivity index (χ0n) is 4.08. The van der Waals surface area contributed by atoms with Crippen LogP contribution >= 0.6 is 0 Å². The summed E-state index contributed by atoms with van der Waals surface area (Å²) in [7, 11) is 0. The molecule has 0 bridgehead atoms. The van der Waals surface area contributed by atoms with Gasteiger partial charge in [0.25, 0.3) is 0 Å². The van der Waals surface area contributed by atoms with Crippen molar-refractivity contribution in [2.24, 2.45) is 0 Å². The normalized spacial score (nSPS) is 5.43. The van der Waals surface area contributed by atoms with Crippen LogP contribution in [0.15, 0.2) is 12.4 Å². The summed E-state index contributed by atoms with van der Waals surface area (Å²) in [6, 6.07) is 0. The van der Waals surface area contributed by atoms with E-state index in [0.29, 0.717) is 0 Å². The fourth-order valence-corrected chi connectivity index (χ4v) is 0. The van der Waals surface area contributed by atoms with Crippen molar-refractivity contribution >= 4 is 23.1 Å². The van der Waals surface area contributed by atoms with E-state index in [4.69, 9.17) is 0 Å². The molecule has 0 fully saturated rings. The average molecular weight is 177 g/mol. The molecule has 0 saturated heterocycles. The first-order valence-electron chi connectivity index (χ1n) is 1.40. The van der Waals surface area contributed by atoms with Crippen molar-refractivity contribution < 1.29 is 21.4 Å². The summed E-state index contributed by atoms with van der Waals surface area (Å²) < 4.78 is 11.2. The minimum Gasteiger partial charge on any atom is -1.00 e. The molecule has 0 rings (SSSR count). The Labute approximate surface area is 70.1 Å². The summed E-state index contributed by atoms with van der Waals surface area (Å²) in [6.07, 6.45) is 0.194. The van der Waals surface area contributed by atoms with Crippen LogP contribution in [0.1, 0.15) is 6.42 Å². The molecule has 0 aliphatic heterocycles. The molecule has 0 radical (unpaired) electrons. The van der Waals surface area contributed by atoms with Crippen LogP contribution in [0.5, 0.6) is 0 Å². The van der Waals surface area contributed by atoms with Gasteiger partial charge < -0.3 is 23.9 Å². The van der Waals surface area contributed by atoms with Crippen LogP contribution in [0.25, 0.3) is 0 Å². The van der Waals surface area contributed by atoms with E-state index in [2.05, 4.69) is 13.5 Å². The zero-order valence-corrected chi connectivity index (χ0v) is 7.08. The molecule has 0 aliphatic carbocycles. The van der Waals surface area contributed by atoms with Crippen molar-refractivity contribution in [3.8, 4) is 0 Å². The van der Waals surface area contributed by atoms with Gasteiger partial charge in [0.05, 0.1) is 5.83 Å². The summed E-state index contributed by atoms with van der Waals surface area (Å²) in [6.45, 7) is 6.16. The van der Waals surface area contributed by atoms with Gasteiger partial charge in [0.2, 0.25) is 0 Å². The molecule has 0 aromatic heterocycles. The summed E-state index contributed by atoms with van der Waals surface area (Å²) in [5, 5.41) is 0. The van der Waals surface area contributed by atoms with Crippen LogP contribution in [0.3, 0.4) is 0 Å². The van der Waals surface area contributed by atoms with E-state index in [0.717, 1.165) is 0 Å². The maximum atomic E-state index is 11.2. The van der Waals surface area contributed by atoms with Gasteiger partial charge in [-0.25, -0.2) is 4.39 Å². The second-order valence-corrected chi connectivity index (χ2v) is 0.767. The number of hydrogen-bond donors (Lipinski definition) is 0. The van der Waals surface area contributed by atoms with Crippen molar-refractivity contribution in [1.29, 1.82) is 0 Å². The Kier molecular flexibility index (Phi) is 22.4. The van der Waals surface area contributed by atoms with Gasteiger partial charge in [0.15, 0.2) is 0 Å². The zero-order chi connectivity index (χ0) is 4.28. The predicted molar refractivity (Wildman–Crippen MR) is 26.0 cm³/mol. The molecule has 0 amide bonds. The van der Waals surface area contributed by atoms with Crippen molar-refractivity contribution in [2.45, 2.75) is 6.42 Å². The number of halogens is 2. The summed E-state index contributed by atoms with van der Waals surface area (Å²) in [4.78, 5) is 0. The maximum Gasteiger partial charge on any atom is 2.00 e. The maximum absolute atomic E-state index is 11.2. The minimum absolute atomic E-state index is 0. The minimum atomic E-state index is -0.356. The Balaban J connectivity index is -0.0000000800. The van der Waals surface area contributed by atoms with Gasteiger partial charge in [-0.15, -0.1) is 6.42 Å². The fourth-order valence-electron chi connectivity index (χ4n) is 0. The van der Waals surface area contributed by atoms with Gasteiger partial charge >= 0.3 is 23.1 Å². The largest absolute Gasteiger partial charge is 2.00 e. The Morgan fingerprint density at radius 1 is 1.71 bits per heavy atom. The Hall–Kier alpha value is 0.916. The monoisotopic (exact) mass is 176 g/mol. The van der Waals surface area contributed by atoms with Crippen LogP contribution in [0.4, 0.5) is 4.39 Å². The van der Waals surface area contributed by atoms with Gasteiger partial charge in [-0.2, -0.15) is 0 Å². The van der Waals surface area contributed by atoms with Crippen molar-refractivity contribution in [3.63, 3.8) is 0 Å². The molecule has 0 N–H and O–H groups in total. The predicted octanol–water partition coefficient (Wildman–Crippen LogP) is -1.68. The molecular weight excluding hydrogens is 171 g/mol. The molecule has 0 aliphatic rings. The molecule has 0 aromatic carbocycles. The molecule has 0 atom stereocenters. The molecule has 0 spiro atoms. The standard InChI is InChI=1S/C4H6F.BrH.Mg/c1-3-4(2)5;;/h1-3H2;1H;/q-1;;+2/p-1. The quantitative estimate of drug-likeness (QED) is 0.331. The first-order valence-corrected chi connectivity index (χ1v) is 1.40. The van der Waals surface area contributed by atoms with Crippen molar-refractivity contribution in [2.75, 3.05) is 0 Å². The summed E-state index contributed by atoms with van der Waals surface area (Å²) in [5.41, 5.74) is 0. The van der Waals surface area contributed by atoms with Crippen LogP contribution < -0.4 is 17.0 Å². The number of hydrogen-bond acceptors (Lipinski definition) is 0. The first kappa shape index (κ1) is 15.7. The molecular formula is C4H6BrFMg. The Morgan fingerprint density at radius 2 is 1.86 bits per heavy atom. The second kappa shape index (κ2) is 10.0. The molecule has 0 heterocycles. The number of rotatable bonds is 1. The van der Waals surface area contributed by atoms with E-state index < -0.39 is 0 Å². The smallest absolute Gasteiger partial charge is 1.00 e. The van der Waals surface area contributed by atoms with E-state index in [-0.39, 0.29) is 52.3 Å². The van der Waals surface area contributed by atoms with E-state index in [1.807, 2.05) is 0 Å². The third-order valence-electron chi connectivity index (χ3n) is 0.271. The van der Waals surface area contributed by atoms with Gasteiger partial charge in [0, 0.05) is 0 Å².